The molecule has 0 atom stereocenters. The highest BCUT2D eigenvalue weighted by atomic mass is 19.4. The number of anilines is 6. The summed E-state index contributed by atoms with van der Waals surface area (Å²) < 4.78 is 53.5. The van der Waals surface area contributed by atoms with Crippen molar-refractivity contribution >= 4 is 46.3 Å². The Labute approximate surface area is 283 Å². The van der Waals surface area contributed by atoms with Crippen LogP contribution in [0.15, 0.2) is 42.6 Å². The first kappa shape index (κ1) is 35.3. The maximum atomic E-state index is 14.1. The predicted octanol–water partition coefficient (Wildman–Crippen LogP) is 3.93. The molecule has 0 unspecified atom stereocenters. The number of carbonyl (C=O) groups excluding carboxylic acids is 2. The van der Waals surface area contributed by atoms with E-state index >= 15 is 0 Å². The van der Waals surface area contributed by atoms with E-state index < -0.39 is 17.6 Å². The number of carbonyl (C=O) groups is 2. The molecule has 5 rings (SSSR count). The predicted molar refractivity (Wildman–Crippen MR) is 181 cm³/mol. The zero-order valence-electron chi connectivity index (χ0n) is 28.1. The molecule has 3 N–H and O–H groups in total. The van der Waals surface area contributed by atoms with Crippen molar-refractivity contribution in [2.75, 3.05) is 100 Å². The van der Waals surface area contributed by atoms with Gasteiger partial charge in [0.25, 0.3) is 0 Å². The number of amides is 2. The molecule has 3 heterocycles. The number of hydrogen-bond donors (Lipinski definition) is 3. The summed E-state index contributed by atoms with van der Waals surface area (Å²) in [7, 11) is 2.95. The number of rotatable bonds is 11. The summed E-state index contributed by atoms with van der Waals surface area (Å²) in [6.45, 7) is 9.63. The highest BCUT2D eigenvalue weighted by Crippen LogP contribution is 2.39. The van der Waals surface area contributed by atoms with Crippen LogP contribution in [-0.4, -0.2) is 111 Å². The number of nitrogens with one attached hydrogen (secondary N) is 3. The summed E-state index contributed by atoms with van der Waals surface area (Å²) in [5, 5.41) is 8.62. The number of hydrogen-bond acceptors (Lipinski definition) is 11. The number of aromatic nitrogens is 2. The minimum atomic E-state index is -4.73. The molecule has 1 aromatic heterocycles. The zero-order valence-corrected chi connectivity index (χ0v) is 28.1. The summed E-state index contributed by atoms with van der Waals surface area (Å²) in [6, 6.07) is 10.7. The molecule has 0 spiro atoms. The van der Waals surface area contributed by atoms with E-state index in [9.17, 15) is 22.8 Å². The van der Waals surface area contributed by atoms with Crippen LogP contribution in [0.3, 0.4) is 0 Å². The molecule has 2 aromatic carbocycles. The van der Waals surface area contributed by atoms with Crippen molar-refractivity contribution in [1.29, 1.82) is 0 Å². The molecule has 0 radical (unpaired) electrons. The Balaban J connectivity index is 1.32. The second kappa shape index (κ2) is 15.5. The van der Waals surface area contributed by atoms with Gasteiger partial charge in [-0.3, -0.25) is 14.5 Å². The first-order valence-corrected chi connectivity index (χ1v) is 16.1. The number of alkyl halides is 3. The number of benzene rings is 2. The van der Waals surface area contributed by atoms with Gasteiger partial charge in [-0.15, -0.1) is 0 Å². The van der Waals surface area contributed by atoms with Gasteiger partial charge in [-0.05, 0) is 31.2 Å². The van der Waals surface area contributed by atoms with Gasteiger partial charge in [-0.25, -0.2) is 4.98 Å². The lowest BCUT2D eigenvalue weighted by Crippen LogP contribution is -2.49. The lowest BCUT2D eigenvalue weighted by molar-refractivity contribution is -0.137. The van der Waals surface area contributed by atoms with E-state index in [2.05, 4.69) is 40.6 Å². The Bertz CT molecular complexity index is 1630. The maximum Gasteiger partial charge on any atom is 0.421 e. The van der Waals surface area contributed by atoms with Gasteiger partial charge in [0.15, 0.2) is 0 Å². The molecule has 2 amide bonds. The molecule has 2 aliphatic heterocycles. The van der Waals surface area contributed by atoms with Crippen molar-refractivity contribution < 1.29 is 32.2 Å². The number of nitrogens with zero attached hydrogens (tertiary/aromatic N) is 6. The van der Waals surface area contributed by atoms with Gasteiger partial charge in [0.1, 0.15) is 22.9 Å². The van der Waals surface area contributed by atoms with Crippen molar-refractivity contribution in [1.82, 2.24) is 25.1 Å². The zero-order chi connectivity index (χ0) is 35.1. The molecule has 2 aliphatic rings. The van der Waals surface area contributed by atoms with Gasteiger partial charge < -0.3 is 40.1 Å². The number of methoxy groups -OCH3 is 2. The van der Waals surface area contributed by atoms with Crippen LogP contribution >= 0.6 is 0 Å². The van der Waals surface area contributed by atoms with Crippen LogP contribution in [0.2, 0.25) is 0 Å². The Morgan fingerprint density at radius 2 is 1.39 bits per heavy atom. The molecule has 3 aromatic rings. The van der Waals surface area contributed by atoms with Gasteiger partial charge in [0.05, 0.1) is 32.1 Å². The summed E-state index contributed by atoms with van der Waals surface area (Å²) in [5.41, 5.74) is 1.45. The van der Waals surface area contributed by atoms with Crippen molar-refractivity contribution in [3.8, 4) is 11.5 Å². The minimum absolute atomic E-state index is 0.0107. The van der Waals surface area contributed by atoms with Gasteiger partial charge in [-0.2, -0.15) is 18.2 Å². The third kappa shape index (κ3) is 8.73. The van der Waals surface area contributed by atoms with E-state index in [4.69, 9.17) is 9.47 Å². The van der Waals surface area contributed by atoms with E-state index in [0.717, 1.165) is 17.6 Å². The van der Waals surface area contributed by atoms with E-state index in [1.54, 1.807) is 30.0 Å². The largest absolute Gasteiger partial charge is 0.494 e. The molecule has 0 bridgehead atoms. The number of ether oxygens (including phenoxy) is 2. The average molecular weight is 686 g/mol. The van der Waals surface area contributed by atoms with E-state index in [-0.39, 0.29) is 17.8 Å². The van der Waals surface area contributed by atoms with Crippen LogP contribution in [0.1, 0.15) is 19.4 Å². The van der Waals surface area contributed by atoms with Crippen molar-refractivity contribution in [2.45, 2.75) is 20.0 Å². The molecule has 13 nitrogen and oxygen atoms in total. The molecular formula is C33H42F3N9O4. The first-order valence-electron chi connectivity index (χ1n) is 16.1. The fourth-order valence-corrected chi connectivity index (χ4v) is 5.85. The van der Waals surface area contributed by atoms with Crippen LogP contribution in [0.5, 0.6) is 11.5 Å². The second-order valence-corrected chi connectivity index (χ2v) is 11.7. The lowest BCUT2D eigenvalue weighted by atomic mass is 10.2. The average Bonchev–Trinajstić information content (AvgIpc) is 3.08. The summed E-state index contributed by atoms with van der Waals surface area (Å²) in [4.78, 5) is 40.0. The topological polar surface area (TPSA) is 127 Å². The molecule has 0 aliphatic carbocycles. The number of halogens is 3. The monoisotopic (exact) mass is 685 g/mol. The van der Waals surface area contributed by atoms with Gasteiger partial charge in [0, 0.05) is 95.5 Å². The Morgan fingerprint density at radius 3 is 1.90 bits per heavy atom. The SMILES string of the molecule is CCNC(=O)CN1CCN(c2ccc(Nc3nc(Nc4ccc(N5CCN(C(C)=O)CC5)cc4OC)ncc3C(F)(F)F)c(OC)c2)CC1. The third-order valence-electron chi connectivity index (χ3n) is 8.53. The standard InChI is InChI=1S/C33H42F3N9O4/c1-5-37-30(47)21-42-10-12-44(13-11-42)23-6-8-26(28(18-23)48-3)39-31-25(33(34,35)36)20-38-32(41-31)40-27-9-7-24(19-29(27)49-4)45-16-14-43(15-17-45)22(2)46/h6-9,18-20H,5,10-17,21H2,1-4H3,(H,37,47)(H2,38,39,40,41). The van der Waals surface area contributed by atoms with Crippen molar-refractivity contribution in [3.63, 3.8) is 0 Å². The Hall–Kier alpha value is -4.99. The van der Waals surface area contributed by atoms with Gasteiger partial charge in [-0.1, -0.05) is 0 Å². The van der Waals surface area contributed by atoms with Gasteiger partial charge in [0.2, 0.25) is 17.8 Å². The van der Waals surface area contributed by atoms with Crippen molar-refractivity contribution in [2.24, 2.45) is 0 Å². The fourth-order valence-electron chi connectivity index (χ4n) is 5.85. The maximum absolute atomic E-state index is 14.1. The van der Waals surface area contributed by atoms with Gasteiger partial charge >= 0.3 is 6.18 Å². The fraction of sp³-hybridized carbons (Fsp3) is 0.455. The molecule has 2 saturated heterocycles. The minimum Gasteiger partial charge on any atom is -0.494 e. The molecule has 2 fully saturated rings. The Kier molecular flexibility index (Phi) is 11.2. The normalized spacial score (nSPS) is 15.5. The summed E-state index contributed by atoms with van der Waals surface area (Å²) in [5.74, 6) is 0.297. The molecular weight excluding hydrogens is 643 g/mol. The van der Waals surface area contributed by atoms with Crippen LogP contribution in [-0.2, 0) is 15.8 Å². The van der Waals surface area contributed by atoms with Crippen LogP contribution in [0.4, 0.5) is 47.7 Å². The van der Waals surface area contributed by atoms with Crippen LogP contribution < -0.4 is 35.2 Å². The van der Waals surface area contributed by atoms with E-state index in [1.165, 1.54) is 14.2 Å². The molecule has 0 saturated carbocycles. The molecule has 49 heavy (non-hydrogen) atoms. The smallest absolute Gasteiger partial charge is 0.421 e. The van der Waals surface area contributed by atoms with Crippen LogP contribution in [0.25, 0.3) is 0 Å². The summed E-state index contributed by atoms with van der Waals surface area (Å²) in [6.07, 6.45) is -4.00. The lowest BCUT2D eigenvalue weighted by Gasteiger charge is -2.36. The highest BCUT2D eigenvalue weighted by molar-refractivity contribution is 5.78. The Morgan fingerprint density at radius 1 is 0.837 bits per heavy atom. The van der Waals surface area contributed by atoms with E-state index in [0.29, 0.717) is 88.3 Å². The molecule has 16 heteroatoms. The highest BCUT2D eigenvalue weighted by Gasteiger charge is 2.36. The molecule has 264 valence electrons. The van der Waals surface area contributed by atoms with Crippen LogP contribution in [0, 0.1) is 0 Å². The number of piperazine rings is 2. The third-order valence-corrected chi connectivity index (χ3v) is 8.53. The second-order valence-electron chi connectivity index (χ2n) is 11.7. The van der Waals surface area contributed by atoms with E-state index in [1.807, 2.05) is 25.1 Å². The summed E-state index contributed by atoms with van der Waals surface area (Å²) >= 11 is 0. The first-order chi connectivity index (χ1) is 23.5. The quantitative estimate of drug-likeness (QED) is 0.272. The van der Waals surface area contributed by atoms with Crippen molar-refractivity contribution in [3.05, 3.63) is 48.2 Å². The number of likely N-dealkylation sites (N-methyl/N-ethyl adjacent to an activating group) is 1.